The van der Waals surface area contributed by atoms with Crippen molar-refractivity contribution < 1.29 is 9.59 Å². The Labute approximate surface area is 160 Å². The Kier molecular flexibility index (Phi) is 4.84. The Hall–Kier alpha value is -2.82. The van der Waals surface area contributed by atoms with Crippen LogP contribution in [-0.4, -0.2) is 29.9 Å². The van der Waals surface area contributed by atoms with Gasteiger partial charge in [-0.1, -0.05) is 36.4 Å². The fourth-order valence-electron chi connectivity index (χ4n) is 3.52. The van der Waals surface area contributed by atoms with E-state index >= 15 is 0 Å². The largest absolute Gasteiger partial charge is 0.324 e. The lowest BCUT2D eigenvalue weighted by molar-refractivity contribution is -0.117. The molecule has 27 heavy (non-hydrogen) atoms. The van der Waals surface area contributed by atoms with E-state index in [1.807, 2.05) is 60.4 Å². The van der Waals surface area contributed by atoms with Gasteiger partial charge in [-0.05, 0) is 49.4 Å². The summed E-state index contributed by atoms with van der Waals surface area (Å²) in [5.41, 5.74) is 3.72. The Morgan fingerprint density at radius 3 is 2.63 bits per heavy atom. The predicted octanol–water partition coefficient (Wildman–Crippen LogP) is 4.18. The number of nitrogens with one attached hydrogen (secondary N) is 1. The van der Waals surface area contributed by atoms with Gasteiger partial charge >= 0.3 is 6.03 Å². The standard InChI is InChI=1S/C22H25N3O2/c1-16-8-11-20(19(14-16)23-21(26)18-9-10-18)25-13-5-12-24(22(25)27)15-17-6-3-2-4-7-17/h2-4,6-8,11,14,18H,5,9-10,12-13,15H2,1H3,(H,23,26). The van der Waals surface area contributed by atoms with Crippen LogP contribution in [0, 0.1) is 12.8 Å². The first-order chi connectivity index (χ1) is 13.1. The Morgan fingerprint density at radius 2 is 1.89 bits per heavy atom. The van der Waals surface area contributed by atoms with Gasteiger partial charge in [-0.2, -0.15) is 0 Å². The van der Waals surface area contributed by atoms with Gasteiger partial charge in [0.05, 0.1) is 11.4 Å². The zero-order valence-electron chi connectivity index (χ0n) is 15.6. The summed E-state index contributed by atoms with van der Waals surface area (Å²) >= 11 is 0. The van der Waals surface area contributed by atoms with Crippen molar-refractivity contribution in [1.82, 2.24) is 4.90 Å². The molecular weight excluding hydrogens is 338 g/mol. The zero-order chi connectivity index (χ0) is 18.8. The summed E-state index contributed by atoms with van der Waals surface area (Å²) in [7, 11) is 0. The molecule has 0 spiro atoms. The van der Waals surface area contributed by atoms with Gasteiger partial charge in [-0.25, -0.2) is 4.79 Å². The van der Waals surface area contributed by atoms with Gasteiger partial charge in [-0.15, -0.1) is 0 Å². The molecule has 5 heteroatoms. The first-order valence-electron chi connectivity index (χ1n) is 9.64. The van der Waals surface area contributed by atoms with E-state index in [-0.39, 0.29) is 17.9 Å². The van der Waals surface area contributed by atoms with Gasteiger partial charge in [0.25, 0.3) is 0 Å². The van der Waals surface area contributed by atoms with Crippen LogP contribution in [0.3, 0.4) is 0 Å². The molecule has 4 rings (SSSR count). The highest BCUT2D eigenvalue weighted by atomic mass is 16.2. The SMILES string of the molecule is Cc1ccc(N2CCCN(Cc3ccccc3)C2=O)c(NC(=O)C2CC2)c1. The second-order valence-corrected chi connectivity index (χ2v) is 7.48. The van der Waals surface area contributed by atoms with Crippen LogP contribution < -0.4 is 10.2 Å². The highest BCUT2D eigenvalue weighted by Crippen LogP contribution is 2.34. The minimum Gasteiger partial charge on any atom is -0.324 e. The minimum absolute atomic E-state index is 0.00382. The quantitative estimate of drug-likeness (QED) is 0.866. The summed E-state index contributed by atoms with van der Waals surface area (Å²) in [5, 5.41) is 3.04. The van der Waals surface area contributed by atoms with Crippen molar-refractivity contribution >= 4 is 23.3 Å². The van der Waals surface area contributed by atoms with E-state index in [1.54, 1.807) is 4.90 Å². The van der Waals surface area contributed by atoms with Crippen molar-refractivity contribution in [2.45, 2.75) is 32.7 Å². The number of nitrogens with zero attached hydrogens (tertiary/aromatic N) is 2. The Morgan fingerprint density at radius 1 is 1.11 bits per heavy atom. The van der Waals surface area contributed by atoms with Crippen LogP contribution in [0.2, 0.25) is 0 Å². The lowest BCUT2D eigenvalue weighted by Gasteiger charge is -2.36. The second kappa shape index (κ2) is 7.43. The van der Waals surface area contributed by atoms with Gasteiger partial charge in [0.15, 0.2) is 0 Å². The van der Waals surface area contributed by atoms with Crippen LogP contribution in [0.25, 0.3) is 0 Å². The molecule has 1 heterocycles. The summed E-state index contributed by atoms with van der Waals surface area (Å²) in [4.78, 5) is 29.1. The van der Waals surface area contributed by atoms with E-state index in [4.69, 9.17) is 0 Å². The molecule has 0 bridgehead atoms. The van der Waals surface area contributed by atoms with Crippen LogP contribution in [0.4, 0.5) is 16.2 Å². The summed E-state index contributed by atoms with van der Waals surface area (Å²) < 4.78 is 0. The molecule has 140 valence electrons. The fraction of sp³-hybridized carbons (Fsp3) is 0.364. The van der Waals surface area contributed by atoms with Crippen LogP contribution in [-0.2, 0) is 11.3 Å². The first-order valence-corrected chi connectivity index (χ1v) is 9.64. The number of amides is 3. The third-order valence-corrected chi connectivity index (χ3v) is 5.18. The Bertz CT molecular complexity index is 846. The van der Waals surface area contributed by atoms with Crippen molar-refractivity contribution in [2.75, 3.05) is 23.3 Å². The van der Waals surface area contributed by atoms with E-state index in [9.17, 15) is 9.59 Å². The smallest absolute Gasteiger partial charge is 0.324 e. The van der Waals surface area contributed by atoms with Crippen molar-refractivity contribution in [3.63, 3.8) is 0 Å². The molecule has 0 unspecified atom stereocenters. The topological polar surface area (TPSA) is 52.6 Å². The van der Waals surface area contributed by atoms with Gasteiger partial charge in [0, 0.05) is 25.6 Å². The molecule has 0 atom stereocenters. The van der Waals surface area contributed by atoms with E-state index < -0.39 is 0 Å². The van der Waals surface area contributed by atoms with Gasteiger partial charge < -0.3 is 10.2 Å². The highest BCUT2D eigenvalue weighted by Gasteiger charge is 2.32. The van der Waals surface area contributed by atoms with Crippen molar-refractivity contribution in [3.8, 4) is 0 Å². The van der Waals surface area contributed by atoms with E-state index in [1.165, 1.54) is 0 Å². The molecule has 1 saturated heterocycles. The van der Waals surface area contributed by atoms with Crippen LogP contribution in [0.15, 0.2) is 48.5 Å². The summed E-state index contributed by atoms with van der Waals surface area (Å²) in [6, 6.07) is 15.9. The van der Waals surface area contributed by atoms with Crippen LogP contribution in [0.5, 0.6) is 0 Å². The van der Waals surface area contributed by atoms with E-state index in [2.05, 4.69) is 5.32 Å². The maximum absolute atomic E-state index is 13.1. The number of carbonyl (C=O) groups is 2. The summed E-state index contributed by atoms with van der Waals surface area (Å²) in [5.74, 6) is 0.192. The molecule has 1 N–H and O–H groups in total. The summed E-state index contributed by atoms with van der Waals surface area (Å²) in [6.07, 6.45) is 2.82. The molecule has 0 aromatic heterocycles. The predicted molar refractivity (Wildman–Crippen MR) is 107 cm³/mol. The normalized spacial score (nSPS) is 17.1. The molecule has 0 radical (unpaired) electrons. The van der Waals surface area contributed by atoms with Crippen LogP contribution >= 0.6 is 0 Å². The number of anilines is 2. The van der Waals surface area contributed by atoms with Crippen molar-refractivity contribution in [1.29, 1.82) is 0 Å². The van der Waals surface area contributed by atoms with Crippen molar-refractivity contribution in [2.24, 2.45) is 5.92 Å². The molecular formula is C22H25N3O2. The third kappa shape index (κ3) is 3.97. The fourth-order valence-corrected chi connectivity index (χ4v) is 3.52. The lowest BCUT2D eigenvalue weighted by atomic mass is 10.1. The minimum atomic E-state index is -0.00382. The van der Waals surface area contributed by atoms with Gasteiger partial charge in [0.2, 0.25) is 5.91 Å². The maximum Gasteiger partial charge on any atom is 0.324 e. The average molecular weight is 363 g/mol. The third-order valence-electron chi connectivity index (χ3n) is 5.18. The monoisotopic (exact) mass is 363 g/mol. The van der Waals surface area contributed by atoms with Gasteiger partial charge in [-0.3, -0.25) is 9.69 Å². The molecule has 1 saturated carbocycles. The maximum atomic E-state index is 13.1. The van der Waals surface area contributed by atoms with Crippen molar-refractivity contribution in [3.05, 3.63) is 59.7 Å². The Balaban J connectivity index is 1.56. The highest BCUT2D eigenvalue weighted by molar-refractivity contribution is 6.02. The molecule has 1 aliphatic heterocycles. The van der Waals surface area contributed by atoms with E-state index in [0.717, 1.165) is 48.3 Å². The lowest BCUT2D eigenvalue weighted by Crippen LogP contribution is -2.49. The number of hydrogen-bond acceptors (Lipinski definition) is 2. The van der Waals surface area contributed by atoms with Gasteiger partial charge in [0.1, 0.15) is 0 Å². The van der Waals surface area contributed by atoms with Crippen LogP contribution in [0.1, 0.15) is 30.4 Å². The molecule has 2 fully saturated rings. The molecule has 1 aliphatic carbocycles. The number of hydrogen-bond donors (Lipinski definition) is 1. The van der Waals surface area contributed by atoms with E-state index in [0.29, 0.717) is 13.1 Å². The number of aryl methyl sites for hydroxylation is 1. The number of carbonyl (C=O) groups excluding carboxylic acids is 2. The molecule has 2 aliphatic rings. The number of benzene rings is 2. The summed E-state index contributed by atoms with van der Waals surface area (Å²) in [6.45, 7) is 4.02. The molecule has 2 aromatic carbocycles. The second-order valence-electron chi connectivity index (χ2n) is 7.48. The average Bonchev–Trinajstić information content (AvgIpc) is 3.50. The molecule has 5 nitrogen and oxygen atoms in total. The first kappa shape index (κ1) is 17.6. The molecule has 3 amide bonds. The number of rotatable bonds is 5. The number of urea groups is 1. The zero-order valence-corrected chi connectivity index (χ0v) is 15.6. The molecule has 2 aromatic rings.